The molecule has 1 atom stereocenters. The third kappa shape index (κ3) is 7.66. The Hall–Kier alpha value is -2.34. The van der Waals surface area contributed by atoms with Gasteiger partial charge in [0.15, 0.2) is 6.61 Å². The SMILES string of the molecule is CCCNC(=O)[C@@H](C)N(CCc1ccccc1)C(=O)COc1ccc(C(C)(C)C)cc1Br. The number of benzene rings is 2. The van der Waals surface area contributed by atoms with E-state index in [1.165, 1.54) is 5.56 Å². The fourth-order valence-electron chi connectivity index (χ4n) is 3.27. The van der Waals surface area contributed by atoms with Crippen molar-refractivity contribution in [2.75, 3.05) is 19.7 Å². The molecule has 2 aromatic carbocycles. The summed E-state index contributed by atoms with van der Waals surface area (Å²) in [6.45, 7) is 11.1. The van der Waals surface area contributed by atoms with Crippen molar-refractivity contribution < 1.29 is 14.3 Å². The van der Waals surface area contributed by atoms with Crippen molar-refractivity contribution in [3.05, 3.63) is 64.1 Å². The molecule has 0 aromatic heterocycles. The third-order valence-corrected chi connectivity index (χ3v) is 5.97. The van der Waals surface area contributed by atoms with Crippen LogP contribution >= 0.6 is 15.9 Å². The minimum absolute atomic E-state index is 0.0202. The van der Waals surface area contributed by atoms with Crippen LogP contribution in [0.4, 0.5) is 0 Å². The number of halogens is 1. The maximum absolute atomic E-state index is 13.1. The van der Waals surface area contributed by atoms with E-state index in [1.54, 1.807) is 11.8 Å². The van der Waals surface area contributed by atoms with E-state index in [4.69, 9.17) is 4.74 Å². The first-order chi connectivity index (χ1) is 15.1. The average Bonchev–Trinajstić information content (AvgIpc) is 2.76. The number of amides is 2. The molecule has 0 aliphatic rings. The molecule has 0 spiro atoms. The minimum atomic E-state index is -0.576. The van der Waals surface area contributed by atoms with Crippen LogP contribution in [-0.4, -0.2) is 42.5 Å². The van der Waals surface area contributed by atoms with Gasteiger partial charge in [0.2, 0.25) is 5.91 Å². The quantitative estimate of drug-likeness (QED) is 0.490. The lowest BCUT2D eigenvalue weighted by atomic mass is 9.87. The number of hydrogen-bond donors (Lipinski definition) is 1. The lowest BCUT2D eigenvalue weighted by Gasteiger charge is -2.29. The predicted octanol–water partition coefficient (Wildman–Crippen LogP) is 5.11. The first kappa shape index (κ1) is 25.9. The Labute approximate surface area is 200 Å². The van der Waals surface area contributed by atoms with Crippen molar-refractivity contribution in [1.29, 1.82) is 0 Å². The molecule has 5 nitrogen and oxygen atoms in total. The zero-order chi connectivity index (χ0) is 23.7. The maximum Gasteiger partial charge on any atom is 0.261 e. The smallest absolute Gasteiger partial charge is 0.261 e. The third-order valence-electron chi connectivity index (χ3n) is 5.35. The van der Waals surface area contributed by atoms with E-state index in [0.29, 0.717) is 25.3 Å². The highest BCUT2D eigenvalue weighted by Gasteiger charge is 2.26. The second-order valence-corrected chi connectivity index (χ2v) is 9.83. The molecule has 0 saturated heterocycles. The molecular weight excluding hydrogens is 468 g/mol. The molecule has 0 bridgehead atoms. The molecule has 0 saturated carbocycles. The van der Waals surface area contributed by atoms with Crippen LogP contribution in [0, 0.1) is 0 Å². The molecule has 6 heteroatoms. The number of ether oxygens (including phenoxy) is 1. The minimum Gasteiger partial charge on any atom is -0.483 e. The van der Waals surface area contributed by atoms with Gasteiger partial charge in [-0.1, -0.05) is 64.1 Å². The Bertz CT molecular complexity index is 894. The number of nitrogens with zero attached hydrogens (tertiary/aromatic N) is 1. The van der Waals surface area contributed by atoms with Crippen molar-refractivity contribution in [3.8, 4) is 5.75 Å². The molecule has 0 aliphatic heterocycles. The summed E-state index contributed by atoms with van der Waals surface area (Å²) in [6.07, 6.45) is 1.51. The van der Waals surface area contributed by atoms with Crippen LogP contribution in [0.25, 0.3) is 0 Å². The highest BCUT2D eigenvalue weighted by Crippen LogP contribution is 2.31. The molecule has 32 heavy (non-hydrogen) atoms. The molecule has 174 valence electrons. The van der Waals surface area contributed by atoms with Crippen LogP contribution in [0.1, 0.15) is 52.2 Å². The Morgan fingerprint density at radius 2 is 1.81 bits per heavy atom. The molecule has 1 N–H and O–H groups in total. The van der Waals surface area contributed by atoms with E-state index in [2.05, 4.69) is 42.0 Å². The van der Waals surface area contributed by atoms with Crippen molar-refractivity contribution in [3.63, 3.8) is 0 Å². The maximum atomic E-state index is 13.1. The summed E-state index contributed by atoms with van der Waals surface area (Å²) in [7, 11) is 0. The molecule has 0 fully saturated rings. The van der Waals surface area contributed by atoms with E-state index in [-0.39, 0.29) is 23.8 Å². The van der Waals surface area contributed by atoms with Crippen molar-refractivity contribution >= 4 is 27.7 Å². The topological polar surface area (TPSA) is 58.6 Å². The van der Waals surface area contributed by atoms with Gasteiger partial charge in [0, 0.05) is 13.1 Å². The first-order valence-electron chi connectivity index (χ1n) is 11.2. The van der Waals surface area contributed by atoms with Crippen LogP contribution in [0.15, 0.2) is 53.0 Å². The van der Waals surface area contributed by atoms with E-state index in [1.807, 2.05) is 55.5 Å². The summed E-state index contributed by atoms with van der Waals surface area (Å²) in [5, 5.41) is 2.89. The van der Waals surface area contributed by atoms with Crippen molar-refractivity contribution in [2.24, 2.45) is 0 Å². The second kappa shape index (κ2) is 12.0. The van der Waals surface area contributed by atoms with Gasteiger partial charge in [0.05, 0.1) is 4.47 Å². The van der Waals surface area contributed by atoms with Crippen molar-refractivity contribution in [2.45, 2.75) is 58.9 Å². The second-order valence-electron chi connectivity index (χ2n) is 8.97. The summed E-state index contributed by atoms with van der Waals surface area (Å²) in [4.78, 5) is 27.3. The Kier molecular flexibility index (Phi) is 9.76. The van der Waals surface area contributed by atoms with E-state index in [0.717, 1.165) is 16.5 Å². The molecule has 2 amide bonds. The number of hydrogen-bond acceptors (Lipinski definition) is 3. The highest BCUT2D eigenvalue weighted by molar-refractivity contribution is 9.10. The van der Waals surface area contributed by atoms with Gasteiger partial charge >= 0.3 is 0 Å². The van der Waals surface area contributed by atoms with Crippen LogP contribution in [0.3, 0.4) is 0 Å². The van der Waals surface area contributed by atoms with Crippen LogP contribution < -0.4 is 10.1 Å². The lowest BCUT2D eigenvalue weighted by molar-refractivity contribution is -0.141. The summed E-state index contributed by atoms with van der Waals surface area (Å²) in [5.41, 5.74) is 2.31. The fourth-order valence-corrected chi connectivity index (χ4v) is 3.77. The molecule has 2 aromatic rings. The average molecular weight is 503 g/mol. The van der Waals surface area contributed by atoms with Crippen LogP contribution in [0.5, 0.6) is 5.75 Å². The number of nitrogens with one attached hydrogen (secondary N) is 1. The Morgan fingerprint density at radius 1 is 1.12 bits per heavy atom. The summed E-state index contributed by atoms with van der Waals surface area (Å²) in [5.74, 6) is 0.244. The molecule has 0 unspecified atom stereocenters. The summed E-state index contributed by atoms with van der Waals surface area (Å²) >= 11 is 3.55. The number of carbonyl (C=O) groups excluding carboxylic acids is 2. The summed E-state index contributed by atoms with van der Waals surface area (Å²) in [6, 6.07) is 15.3. The molecule has 0 radical (unpaired) electrons. The predicted molar refractivity (Wildman–Crippen MR) is 133 cm³/mol. The van der Waals surface area contributed by atoms with Gasteiger partial charge in [-0.2, -0.15) is 0 Å². The molecule has 0 aliphatic carbocycles. The standard InChI is InChI=1S/C26H35BrN2O3/c1-6-15-28-25(31)19(2)29(16-14-20-10-8-7-9-11-20)24(30)18-32-23-13-12-21(17-22(23)27)26(3,4)5/h7-13,17,19H,6,14-16,18H2,1-5H3,(H,28,31)/t19-/m1/s1. The fraction of sp³-hybridized carbons (Fsp3) is 0.462. The van der Waals surface area contributed by atoms with Crippen LogP contribution in [0.2, 0.25) is 0 Å². The van der Waals surface area contributed by atoms with Gasteiger partial charge in [0.1, 0.15) is 11.8 Å². The van der Waals surface area contributed by atoms with Gasteiger partial charge < -0.3 is 15.0 Å². The van der Waals surface area contributed by atoms with Gasteiger partial charge in [-0.3, -0.25) is 9.59 Å². The molecule has 2 rings (SSSR count). The highest BCUT2D eigenvalue weighted by atomic mass is 79.9. The molecular formula is C26H35BrN2O3. The zero-order valence-corrected chi connectivity index (χ0v) is 21.4. The zero-order valence-electron chi connectivity index (χ0n) is 19.8. The lowest BCUT2D eigenvalue weighted by Crippen LogP contribution is -2.50. The molecule has 0 heterocycles. The van der Waals surface area contributed by atoms with E-state index < -0.39 is 6.04 Å². The van der Waals surface area contributed by atoms with Gasteiger partial charge in [-0.25, -0.2) is 0 Å². The largest absolute Gasteiger partial charge is 0.483 e. The summed E-state index contributed by atoms with van der Waals surface area (Å²) < 4.78 is 6.65. The van der Waals surface area contributed by atoms with E-state index >= 15 is 0 Å². The van der Waals surface area contributed by atoms with Crippen LogP contribution in [-0.2, 0) is 21.4 Å². The normalized spacial score (nSPS) is 12.2. The first-order valence-corrected chi connectivity index (χ1v) is 12.0. The monoisotopic (exact) mass is 502 g/mol. The Balaban J connectivity index is 2.10. The number of rotatable bonds is 10. The van der Waals surface area contributed by atoms with E-state index in [9.17, 15) is 9.59 Å². The van der Waals surface area contributed by atoms with Crippen molar-refractivity contribution in [1.82, 2.24) is 10.2 Å². The number of carbonyl (C=O) groups is 2. The van der Waals surface area contributed by atoms with Gasteiger partial charge in [-0.05, 0) is 64.4 Å². The Morgan fingerprint density at radius 3 is 2.41 bits per heavy atom. The van der Waals surface area contributed by atoms with Gasteiger partial charge in [0.25, 0.3) is 5.91 Å². The van der Waals surface area contributed by atoms with Gasteiger partial charge in [-0.15, -0.1) is 0 Å².